The van der Waals surface area contributed by atoms with Crippen molar-refractivity contribution in [3.8, 4) is 0 Å². The zero-order valence-electron chi connectivity index (χ0n) is 73.3. The molecule has 2 aromatic carbocycles. The summed E-state index contributed by atoms with van der Waals surface area (Å²) in [4.78, 5) is 24.2. The molecular formula is C78H135BCrN21Na2Ni2O12. The molecule has 0 aromatic heterocycles. The molecule has 12 aliphatic rings. The Hall–Kier alpha value is -2.92. The molecule has 26 atom stereocenters. The first kappa shape index (κ1) is 116. The average molecular weight is 1790 g/mol. The first-order valence-corrected chi connectivity index (χ1v) is 41.1. The van der Waals surface area contributed by atoms with Crippen LogP contribution in [-0.2, 0) is 93.9 Å². The molecule has 1 saturated heterocycles. The molecule has 1 aliphatic heterocycles. The van der Waals surface area contributed by atoms with E-state index in [1.807, 2.05) is 54.5 Å². The van der Waals surface area contributed by atoms with E-state index in [-0.39, 0.29) is 196 Å². The second kappa shape index (κ2) is 50.3. The first-order chi connectivity index (χ1) is 52.3. The van der Waals surface area contributed by atoms with Gasteiger partial charge in [0.1, 0.15) is 5.78 Å². The fraction of sp³-hybridized carbons (Fsp3) is 0.833. The van der Waals surface area contributed by atoms with Crippen molar-refractivity contribution in [2.24, 2.45) is 146 Å². The van der Waals surface area contributed by atoms with Crippen LogP contribution in [0.3, 0.4) is 0 Å². The number of ether oxygens (including phenoxy) is 1. The van der Waals surface area contributed by atoms with Gasteiger partial charge in [0, 0.05) is 78.5 Å². The van der Waals surface area contributed by atoms with Gasteiger partial charge in [0.05, 0.1) is 80.1 Å². The van der Waals surface area contributed by atoms with E-state index in [0.717, 1.165) is 86.7 Å². The number of rotatable bonds is 6. The van der Waals surface area contributed by atoms with E-state index in [9.17, 15) is 40.5 Å². The minimum atomic E-state index is -3.79. The predicted octanol–water partition coefficient (Wildman–Crippen LogP) is 6.94. The molecule has 2 aromatic rings. The summed E-state index contributed by atoms with van der Waals surface area (Å²) in [5, 5.41) is 82.6. The van der Waals surface area contributed by atoms with Gasteiger partial charge in [-0.05, 0) is 249 Å². The Balaban J connectivity index is -0.00000130. The fourth-order valence-electron chi connectivity index (χ4n) is 20.4. The van der Waals surface area contributed by atoms with Gasteiger partial charge >= 0.3 is 84.5 Å². The van der Waals surface area contributed by atoms with Gasteiger partial charge in [-0.2, -0.15) is 0 Å². The van der Waals surface area contributed by atoms with Crippen LogP contribution >= 0.6 is 0 Å². The number of nitrogens with two attached hydrogens (primary N) is 6. The summed E-state index contributed by atoms with van der Waals surface area (Å²) in [5.74, 6) is 22.3. The van der Waals surface area contributed by atoms with Gasteiger partial charge in [0.2, 0.25) is 0 Å². The van der Waals surface area contributed by atoms with E-state index in [0.29, 0.717) is 71.4 Å². The summed E-state index contributed by atoms with van der Waals surface area (Å²) in [6.45, 7) is 35.6. The molecular weight excluding hydrogens is 1650 g/mol. The number of fused-ring (bicyclic) bond motifs is 12. The molecule has 655 valence electrons. The van der Waals surface area contributed by atoms with Gasteiger partial charge < -0.3 is 64.4 Å². The van der Waals surface area contributed by atoms with Gasteiger partial charge in [0.25, 0.3) is 0 Å². The Morgan fingerprint density at radius 2 is 0.812 bits per heavy atom. The van der Waals surface area contributed by atoms with Gasteiger partial charge in [-0.25, -0.2) is 0 Å². The Labute approximate surface area is 763 Å². The van der Waals surface area contributed by atoms with Crippen LogP contribution in [0.15, 0.2) is 56.9 Å². The van der Waals surface area contributed by atoms with E-state index in [4.69, 9.17) is 60.8 Å². The fourth-order valence-corrected chi connectivity index (χ4v) is 20.4. The average Bonchev–Trinajstić information content (AvgIpc) is 1.53. The Bertz CT molecular complexity index is 3750. The van der Waals surface area contributed by atoms with Crippen molar-refractivity contribution >= 4 is 14.2 Å². The van der Waals surface area contributed by atoms with Crippen LogP contribution in [0.25, 0.3) is 57.7 Å². The number of hydrazine groups is 2. The number of ketones is 1. The number of nitrogens with zero attached hydrogens (tertiary/aromatic N) is 15. The van der Waals surface area contributed by atoms with Crippen LogP contribution in [0.2, 0.25) is 0 Å². The SMILES string of the molecule is CC1C[C@H](N)[C@@H](O)C1(C)C.CC1C[C@H](N)[C@H](O)C1(C)C.CC1C[C@H](N=[N+]=[N-])C(=O)C1(C)C.CC1C[C@H](N=[N+]=[N-])[C@@H](O)C1(C)C.CC1C[C@H](N=[N+]=[N-])[C@H](O)C1(C)C.C[C@]12CCC3c4ccc(CO)cc4CCC3C1C[C@H](N=[N+]=[N-])[C@H]2O.C[C@]12CCC3c4ccc(CO)cc4CCC3C1C[C@H]1OC12.NN.NN.[B].[H-].[N-]=[N+]=[N-].[Na+].[Na+].[Ni].[Ni].[O]=[Cr](=[O])=[O]. The Morgan fingerprint density at radius 3 is 1.09 bits per heavy atom. The summed E-state index contributed by atoms with van der Waals surface area (Å²) < 4.78 is 31.5. The molecule has 1 heterocycles. The van der Waals surface area contributed by atoms with E-state index < -0.39 is 38.3 Å². The zero-order valence-corrected chi connectivity index (χ0v) is 79.6. The summed E-state index contributed by atoms with van der Waals surface area (Å²) in [6, 6.07) is 11.9. The molecule has 0 bridgehead atoms. The van der Waals surface area contributed by atoms with E-state index >= 15 is 0 Å². The maximum atomic E-state index is 11.6. The van der Waals surface area contributed by atoms with Crippen molar-refractivity contribution in [1.29, 1.82) is 0 Å². The van der Waals surface area contributed by atoms with Crippen LogP contribution in [0.4, 0.5) is 0 Å². The van der Waals surface area contributed by atoms with Crippen LogP contribution < -0.4 is 94.0 Å². The molecule has 33 nitrogen and oxygen atoms in total. The number of epoxide rings is 1. The van der Waals surface area contributed by atoms with Gasteiger partial charge in [-0.15, -0.1) is 0 Å². The third kappa shape index (κ3) is 27.1. The number of aliphatic hydroxyl groups excluding tert-OH is 7. The monoisotopic (exact) mass is 1780 g/mol. The van der Waals surface area contributed by atoms with Crippen molar-refractivity contribution in [3.63, 3.8) is 0 Å². The van der Waals surface area contributed by atoms with Gasteiger partial charge in [-0.1, -0.05) is 175 Å². The number of hydrogen-bond donors (Lipinski definition) is 13. The summed E-state index contributed by atoms with van der Waals surface area (Å²) in [7, 11) is 0. The Kier molecular flexibility index (Phi) is 49.9. The number of carbonyl (C=O) groups excluding carboxylic acids is 1. The molecule has 12 unspecified atom stereocenters. The van der Waals surface area contributed by atoms with Crippen LogP contribution in [-0.4, -0.2) is 129 Å². The zero-order chi connectivity index (χ0) is 85.3. The summed E-state index contributed by atoms with van der Waals surface area (Å²) in [5.41, 5.74) is 66.2. The first-order valence-electron chi connectivity index (χ1n) is 39.5. The van der Waals surface area contributed by atoms with Crippen LogP contribution in [0.5, 0.6) is 0 Å². The standard InChI is InChI=1S/C19H25N3O2.C19H24O2.2C8H15N3O.C8H13N3O.2C8H17NO.B.Cr.N3.2H4N2.2Na.2Ni.3O.H/c1-19-7-6-14-13-4-2-11(10-23)8-12(13)3-5-15(14)16(19)9-17(18(19)24)21-22-20;1-19-7-6-14-13-4-2-11(10-20)8-12(13)3-5-15(14)16(19)9-17-18(19)21-17;3*1-5-4-6(10-11-9)7(12)8(5,2)3;2*1-5-4-6(9)7(10)8(5,2)3;;;1-3-2;2*1-2;;;;;;;;/h2,4,8,14-18,23-24H,3,5-7,9-10H2,1H3;2,4,8,14-18,20H,3,5-7,9-10H2,1H3;2*5-7,12H,4H2,1-3H3;5-6H,4H2,1-3H3;2*5-7,10H,4,9H2,1-3H3;;;;2*1-2H2;;;;;;;;/q;;;;;;;;;-1;;;2*+1;;;;;;-1/t14?,15?,16?,17-,18+,19-;14?,15?,16?,17-,18?,19+;5?,6-,7+;5?,6-,7-;5?,6-;5?,6-,7+;5?,6-,7-;;;;;;;;;;;;;/m0100000............./s1. The van der Waals surface area contributed by atoms with Crippen molar-refractivity contribution in [3.05, 3.63) is 128 Å². The van der Waals surface area contributed by atoms with Crippen molar-refractivity contribution < 1.29 is 164 Å². The molecule has 9 saturated carbocycles. The second-order valence-corrected chi connectivity index (χ2v) is 37.4. The number of aliphatic hydroxyl groups is 7. The van der Waals surface area contributed by atoms with Gasteiger partial charge in [0.15, 0.2) is 0 Å². The summed E-state index contributed by atoms with van der Waals surface area (Å²) in [6.07, 6.45) is 14.8. The van der Waals surface area contributed by atoms with Crippen molar-refractivity contribution in [2.45, 2.75) is 318 Å². The third-order valence-electron chi connectivity index (χ3n) is 29.7. The Morgan fingerprint density at radius 1 is 0.487 bits per heavy atom. The number of hydrogen-bond acceptors (Lipinski definition) is 22. The number of benzene rings is 2. The van der Waals surface area contributed by atoms with Gasteiger partial charge in [-0.3, -0.25) is 33.1 Å². The quantitative estimate of drug-likeness (QED) is 0.0265. The van der Waals surface area contributed by atoms with Crippen molar-refractivity contribution in [1.82, 2.24) is 0 Å². The molecule has 0 amide bonds. The molecule has 19 N–H and O–H groups in total. The molecule has 117 heavy (non-hydrogen) atoms. The molecule has 11 aliphatic carbocycles. The van der Waals surface area contributed by atoms with Crippen molar-refractivity contribution in [2.75, 3.05) is 0 Å². The number of Topliss-reactive ketones (excluding diaryl/α,β-unsaturated/α-hetero) is 1. The van der Waals surface area contributed by atoms with E-state index in [1.165, 1.54) is 53.7 Å². The number of azide groups is 4. The van der Waals surface area contributed by atoms with Crippen LogP contribution in [0, 0.1) is 91.2 Å². The topological polar surface area (TPSA) is 632 Å². The number of carbonyl (C=O) groups is 1. The summed E-state index contributed by atoms with van der Waals surface area (Å²) >= 11 is -3.79. The molecule has 0 spiro atoms. The third-order valence-corrected chi connectivity index (χ3v) is 29.7. The van der Waals surface area contributed by atoms with E-state index in [1.54, 1.807) is 5.56 Å². The van der Waals surface area contributed by atoms with Crippen LogP contribution in [0.1, 0.15) is 248 Å². The molecule has 14 rings (SSSR count). The normalized spacial score (nSPS) is 36.2. The number of aryl methyl sites for hydroxylation is 2. The molecule has 39 heteroatoms. The maximum absolute atomic E-state index is 11.6. The minimum absolute atomic E-state index is 0. The molecule has 10 fully saturated rings. The predicted molar refractivity (Wildman–Crippen MR) is 430 cm³/mol. The molecule has 3 radical (unpaired) electrons. The second-order valence-electron chi connectivity index (χ2n) is 36.8. The van der Waals surface area contributed by atoms with E-state index in [2.05, 4.69) is 163 Å².